The molecule has 0 radical (unpaired) electrons. The summed E-state index contributed by atoms with van der Waals surface area (Å²) in [7, 11) is 0. The first-order valence-corrected chi connectivity index (χ1v) is 8.29. The van der Waals surface area contributed by atoms with E-state index in [0.29, 0.717) is 16.2 Å². The fourth-order valence-electron chi connectivity index (χ4n) is 2.37. The second-order valence-electron chi connectivity index (χ2n) is 5.32. The van der Waals surface area contributed by atoms with Crippen molar-refractivity contribution in [3.05, 3.63) is 71.0 Å². The number of hydrogen-bond donors (Lipinski definition) is 0. The van der Waals surface area contributed by atoms with E-state index in [1.807, 2.05) is 25.1 Å². The highest BCUT2D eigenvalue weighted by molar-refractivity contribution is 8.00. The van der Waals surface area contributed by atoms with Crippen molar-refractivity contribution in [2.75, 3.05) is 5.75 Å². The summed E-state index contributed by atoms with van der Waals surface area (Å²) in [6, 6.07) is 15.2. The van der Waals surface area contributed by atoms with Gasteiger partial charge in [-0.15, -0.1) is 0 Å². The van der Waals surface area contributed by atoms with Crippen molar-refractivity contribution >= 4 is 28.4 Å². The molecule has 0 amide bonds. The molecule has 0 fully saturated rings. The summed E-state index contributed by atoms with van der Waals surface area (Å²) in [5.74, 6) is -0.363. The van der Waals surface area contributed by atoms with E-state index < -0.39 is 0 Å². The van der Waals surface area contributed by atoms with Gasteiger partial charge in [0.15, 0.2) is 5.78 Å². The van der Waals surface area contributed by atoms with Gasteiger partial charge < -0.3 is 0 Å². The van der Waals surface area contributed by atoms with Crippen molar-refractivity contribution < 1.29 is 9.18 Å². The quantitative estimate of drug-likeness (QED) is 0.519. The number of hydrogen-bond acceptors (Lipinski definition) is 4. The minimum Gasteiger partial charge on any atom is -0.293 e. The fourth-order valence-corrected chi connectivity index (χ4v) is 3.22. The summed E-state index contributed by atoms with van der Waals surface area (Å²) < 4.78 is 12.9. The Labute approximate surface area is 143 Å². The highest BCUT2D eigenvalue weighted by Crippen LogP contribution is 2.26. The van der Waals surface area contributed by atoms with Crippen molar-refractivity contribution in [3.8, 4) is 6.07 Å². The Morgan fingerprint density at radius 3 is 2.71 bits per heavy atom. The highest BCUT2D eigenvalue weighted by atomic mass is 32.2. The lowest BCUT2D eigenvalue weighted by atomic mass is 10.1. The van der Waals surface area contributed by atoms with Crippen molar-refractivity contribution in [1.29, 1.82) is 5.26 Å². The zero-order valence-corrected chi connectivity index (χ0v) is 13.7. The standard InChI is InChI=1S/C19H13FN2OS/c1-12-3-2-4-14-9-15(10-21)19(22-18(12)14)24-11-17(23)13-5-7-16(20)8-6-13/h2-9H,11H2,1H3. The topological polar surface area (TPSA) is 53.8 Å². The van der Waals surface area contributed by atoms with Crippen molar-refractivity contribution in [3.63, 3.8) is 0 Å². The van der Waals surface area contributed by atoms with Gasteiger partial charge >= 0.3 is 0 Å². The van der Waals surface area contributed by atoms with E-state index in [1.54, 1.807) is 6.07 Å². The predicted molar refractivity (Wildman–Crippen MR) is 92.6 cm³/mol. The zero-order chi connectivity index (χ0) is 17.1. The molecule has 0 aliphatic carbocycles. The lowest BCUT2D eigenvalue weighted by Crippen LogP contribution is -2.03. The third-order valence-electron chi connectivity index (χ3n) is 3.64. The number of carbonyl (C=O) groups excluding carboxylic acids is 1. The Morgan fingerprint density at radius 2 is 2.00 bits per heavy atom. The minimum absolute atomic E-state index is 0.129. The van der Waals surface area contributed by atoms with E-state index in [1.165, 1.54) is 36.0 Å². The number of ketones is 1. The number of nitrogens with zero attached hydrogens (tertiary/aromatic N) is 2. The van der Waals surface area contributed by atoms with Gasteiger partial charge in [0.25, 0.3) is 0 Å². The normalized spacial score (nSPS) is 10.5. The number of fused-ring (bicyclic) bond motifs is 1. The Bertz CT molecular complexity index is 962. The summed E-state index contributed by atoms with van der Waals surface area (Å²) in [4.78, 5) is 16.8. The molecule has 24 heavy (non-hydrogen) atoms. The molecule has 3 aromatic rings. The minimum atomic E-state index is -0.377. The average molecular weight is 336 g/mol. The first kappa shape index (κ1) is 16.2. The third kappa shape index (κ3) is 3.29. The van der Waals surface area contributed by atoms with E-state index in [2.05, 4.69) is 11.1 Å². The largest absolute Gasteiger partial charge is 0.293 e. The maximum Gasteiger partial charge on any atom is 0.173 e. The van der Waals surface area contributed by atoms with Crippen LogP contribution in [0.3, 0.4) is 0 Å². The number of halogens is 1. The van der Waals surface area contributed by atoms with E-state index >= 15 is 0 Å². The number of thioether (sulfide) groups is 1. The molecule has 0 N–H and O–H groups in total. The molecule has 2 aromatic carbocycles. The second kappa shape index (κ2) is 6.81. The third-order valence-corrected chi connectivity index (χ3v) is 4.63. The van der Waals surface area contributed by atoms with E-state index in [0.717, 1.165) is 16.5 Å². The van der Waals surface area contributed by atoms with Gasteiger partial charge in [0.1, 0.15) is 16.9 Å². The maximum atomic E-state index is 12.9. The summed E-state index contributed by atoms with van der Waals surface area (Å²) in [5, 5.41) is 10.8. The van der Waals surface area contributed by atoms with Crippen LogP contribution in [0.25, 0.3) is 10.9 Å². The number of nitriles is 1. The molecule has 5 heteroatoms. The van der Waals surface area contributed by atoms with E-state index in [9.17, 15) is 14.4 Å². The number of aromatic nitrogens is 1. The van der Waals surface area contributed by atoms with Crippen LogP contribution in [-0.2, 0) is 0 Å². The number of aryl methyl sites for hydroxylation is 1. The molecule has 0 unspecified atom stereocenters. The Kier molecular flexibility index (Phi) is 4.59. The van der Waals surface area contributed by atoms with Crippen LogP contribution in [0.1, 0.15) is 21.5 Å². The molecule has 0 saturated heterocycles. The summed E-state index contributed by atoms with van der Waals surface area (Å²) in [5.41, 5.74) is 2.74. The molecule has 0 aliphatic rings. The zero-order valence-electron chi connectivity index (χ0n) is 12.9. The number of pyridine rings is 1. The number of benzene rings is 2. The monoisotopic (exact) mass is 336 g/mol. The van der Waals surface area contributed by atoms with Crippen molar-refractivity contribution in [1.82, 2.24) is 4.98 Å². The van der Waals surface area contributed by atoms with E-state index in [-0.39, 0.29) is 17.4 Å². The van der Waals surface area contributed by atoms with Crippen LogP contribution < -0.4 is 0 Å². The van der Waals surface area contributed by atoms with Gasteiger partial charge in [-0.1, -0.05) is 30.0 Å². The Hall–Kier alpha value is -2.71. The highest BCUT2D eigenvalue weighted by Gasteiger charge is 2.12. The average Bonchev–Trinajstić information content (AvgIpc) is 2.60. The number of rotatable bonds is 4. The van der Waals surface area contributed by atoms with Crippen LogP contribution in [0.15, 0.2) is 53.6 Å². The number of carbonyl (C=O) groups is 1. The van der Waals surface area contributed by atoms with Crippen LogP contribution in [-0.4, -0.2) is 16.5 Å². The molecule has 3 rings (SSSR count). The second-order valence-corrected chi connectivity index (χ2v) is 6.28. The van der Waals surface area contributed by atoms with E-state index in [4.69, 9.17) is 0 Å². The summed E-state index contributed by atoms with van der Waals surface area (Å²) in [6.45, 7) is 1.96. The molecule has 118 valence electrons. The fraction of sp³-hybridized carbons (Fsp3) is 0.105. The van der Waals surface area contributed by atoms with Crippen LogP contribution in [0.4, 0.5) is 4.39 Å². The Morgan fingerprint density at radius 1 is 1.25 bits per heavy atom. The van der Waals surface area contributed by atoms with Crippen molar-refractivity contribution in [2.24, 2.45) is 0 Å². The molecule has 1 heterocycles. The van der Waals surface area contributed by atoms with Gasteiger partial charge in [-0.3, -0.25) is 4.79 Å². The number of Topliss-reactive ketones (excluding diaryl/α,β-unsaturated/α-hetero) is 1. The van der Waals surface area contributed by atoms with Gasteiger partial charge in [0.2, 0.25) is 0 Å². The molecular weight excluding hydrogens is 323 g/mol. The van der Waals surface area contributed by atoms with Crippen molar-refractivity contribution in [2.45, 2.75) is 11.9 Å². The van der Waals surface area contributed by atoms with Crippen LogP contribution in [0, 0.1) is 24.1 Å². The molecular formula is C19H13FN2OS. The first-order valence-electron chi connectivity index (χ1n) is 7.30. The predicted octanol–water partition coefficient (Wildman–Crippen LogP) is 4.53. The first-order chi connectivity index (χ1) is 11.6. The molecule has 3 nitrogen and oxygen atoms in total. The molecule has 0 spiro atoms. The van der Waals surface area contributed by atoms with Gasteiger partial charge in [-0.2, -0.15) is 5.26 Å². The van der Waals surface area contributed by atoms with Gasteiger partial charge in [-0.05, 0) is 42.8 Å². The molecule has 0 atom stereocenters. The van der Waals surface area contributed by atoms with Gasteiger partial charge in [0.05, 0.1) is 16.8 Å². The molecule has 0 saturated carbocycles. The number of para-hydroxylation sites is 1. The molecule has 0 bridgehead atoms. The SMILES string of the molecule is Cc1cccc2cc(C#N)c(SCC(=O)c3ccc(F)cc3)nc12. The lowest BCUT2D eigenvalue weighted by Gasteiger charge is -2.07. The van der Waals surface area contributed by atoms with Crippen LogP contribution in [0.5, 0.6) is 0 Å². The maximum absolute atomic E-state index is 12.9. The van der Waals surface area contributed by atoms with Crippen LogP contribution >= 0.6 is 11.8 Å². The Balaban J connectivity index is 1.86. The summed E-state index contributed by atoms with van der Waals surface area (Å²) in [6.07, 6.45) is 0. The summed E-state index contributed by atoms with van der Waals surface area (Å²) >= 11 is 1.23. The smallest absolute Gasteiger partial charge is 0.173 e. The van der Waals surface area contributed by atoms with Gasteiger partial charge in [0, 0.05) is 10.9 Å². The molecule has 0 aliphatic heterocycles. The lowest BCUT2D eigenvalue weighted by molar-refractivity contribution is 0.102. The van der Waals surface area contributed by atoms with Crippen LogP contribution in [0.2, 0.25) is 0 Å². The molecule has 1 aromatic heterocycles. The van der Waals surface area contributed by atoms with Gasteiger partial charge in [-0.25, -0.2) is 9.37 Å².